The molecular weight excluding hydrogens is 196 g/mol. The van der Waals surface area contributed by atoms with Crippen molar-refractivity contribution in [3.8, 4) is 0 Å². The van der Waals surface area contributed by atoms with Crippen LogP contribution in [0.15, 0.2) is 29.3 Å². The van der Waals surface area contributed by atoms with E-state index >= 15 is 0 Å². The second-order valence-corrected chi connectivity index (χ2v) is 3.32. The number of aliphatic imine (C=N–C) groups is 1. The summed E-state index contributed by atoms with van der Waals surface area (Å²) in [5.74, 6) is 0.422. The van der Waals surface area contributed by atoms with Gasteiger partial charge in [0, 0.05) is 5.56 Å². The topological polar surface area (TPSA) is 74.1 Å². The fourth-order valence-electron chi connectivity index (χ4n) is 1.36. The molecule has 0 aliphatic carbocycles. The Balaban J connectivity index is 2.33. The average molecular weight is 208 g/mol. The molecule has 1 aromatic carbocycles. The number of rotatable bonds is 1. The van der Waals surface area contributed by atoms with Gasteiger partial charge >= 0.3 is 0 Å². The highest BCUT2D eigenvalue weighted by Crippen LogP contribution is 2.11. The third kappa shape index (κ3) is 1.99. The summed E-state index contributed by atoms with van der Waals surface area (Å²) in [6.07, 6.45) is -2.57. The number of hydrogen-bond acceptors (Lipinski definition) is 5. The minimum absolute atomic E-state index is 0.422. The van der Waals surface area contributed by atoms with Gasteiger partial charge in [0.15, 0.2) is 5.84 Å². The molecule has 2 atom stereocenters. The molecule has 3 N–H and O–H groups in total. The van der Waals surface area contributed by atoms with E-state index in [-0.39, 0.29) is 0 Å². The second-order valence-electron chi connectivity index (χ2n) is 3.32. The standard InChI is InChI=1S/C10H12N2O3/c1-6-4-2-3-5-7(6)8-11-9(13)10(14)15-12-8/h2-5,9-10,13-14H,1H3,(H,11,12)/t9-,10+/m0/s1. The number of nitrogens with one attached hydrogen (secondary N) is 1. The van der Waals surface area contributed by atoms with E-state index in [1.807, 2.05) is 31.2 Å². The lowest BCUT2D eigenvalue weighted by Crippen LogP contribution is -2.42. The maximum Gasteiger partial charge on any atom is 0.228 e. The number of amidine groups is 1. The Kier molecular flexibility index (Phi) is 2.68. The van der Waals surface area contributed by atoms with Gasteiger partial charge in [0.25, 0.3) is 0 Å². The molecule has 1 aliphatic heterocycles. The molecule has 1 aliphatic rings. The zero-order chi connectivity index (χ0) is 10.8. The van der Waals surface area contributed by atoms with Crippen LogP contribution < -0.4 is 5.48 Å². The van der Waals surface area contributed by atoms with Crippen molar-refractivity contribution >= 4 is 5.84 Å². The van der Waals surface area contributed by atoms with Crippen LogP contribution in [0, 0.1) is 6.92 Å². The second kappa shape index (κ2) is 3.98. The van der Waals surface area contributed by atoms with Gasteiger partial charge in [-0.2, -0.15) is 0 Å². The van der Waals surface area contributed by atoms with Gasteiger partial charge < -0.3 is 10.2 Å². The number of hydrogen-bond donors (Lipinski definition) is 3. The summed E-state index contributed by atoms with van der Waals surface area (Å²) in [5.41, 5.74) is 4.34. The smallest absolute Gasteiger partial charge is 0.228 e. The highest BCUT2D eigenvalue weighted by Gasteiger charge is 2.23. The van der Waals surface area contributed by atoms with Crippen LogP contribution in [0.1, 0.15) is 11.1 Å². The van der Waals surface area contributed by atoms with Crippen molar-refractivity contribution in [1.29, 1.82) is 0 Å². The lowest BCUT2D eigenvalue weighted by Gasteiger charge is -2.23. The van der Waals surface area contributed by atoms with Crippen molar-refractivity contribution in [3.63, 3.8) is 0 Å². The molecule has 1 heterocycles. The van der Waals surface area contributed by atoms with Crippen LogP contribution >= 0.6 is 0 Å². The van der Waals surface area contributed by atoms with E-state index in [0.29, 0.717) is 5.84 Å². The average Bonchev–Trinajstić information content (AvgIpc) is 2.23. The molecule has 80 valence electrons. The molecule has 0 aromatic heterocycles. The maximum atomic E-state index is 9.30. The molecule has 5 heteroatoms. The fourth-order valence-corrected chi connectivity index (χ4v) is 1.36. The monoisotopic (exact) mass is 208 g/mol. The molecule has 15 heavy (non-hydrogen) atoms. The van der Waals surface area contributed by atoms with Crippen molar-refractivity contribution in [2.24, 2.45) is 4.99 Å². The highest BCUT2D eigenvalue weighted by molar-refractivity contribution is 5.99. The zero-order valence-corrected chi connectivity index (χ0v) is 8.21. The fraction of sp³-hybridized carbons (Fsp3) is 0.300. The van der Waals surface area contributed by atoms with Crippen LogP contribution in [-0.4, -0.2) is 28.6 Å². The molecule has 0 radical (unpaired) electrons. The molecule has 0 saturated heterocycles. The van der Waals surface area contributed by atoms with E-state index in [2.05, 4.69) is 10.5 Å². The first-order valence-electron chi connectivity index (χ1n) is 4.60. The van der Waals surface area contributed by atoms with Crippen LogP contribution in [0.3, 0.4) is 0 Å². The number of aliphatic hydroxyl groups is 2. The number of nitrogens with zero attached hydrogens (tertiary/aromatic N) is 1. The Bertz CT molecular complexity index is 392. The summed E-state index contributed by atoms with van der Waals surface area (Å²) < 4.78 is 0. The van der Waals surface area contributed by atoms with Gasteiger partial charge in [-0.05, 0) is 12.5 Å². The van der Waals surface area contributed by atoms with Crippen LogP contribution in [0.25, 0.3) is 0 Å². The first kappa shape index (κ1) is 10.1. The summed E-state index contributed by atoms with van der Waals surface area (Å²) in [6.45, 7) is 1.93. The van der Waals surface area contributed by atoms with Crippen LogP contribution in [0.5, 0.6) is 0 Å². The largest absolute Gasteiger partial charge is 0.367 e. The molecule has 0 unspecified atom stereocenters. The van der Waals surface area contributed by atoms with Crippen molar-refractivity contribution in [2.45, 2.75) is 19.4 Å². The number of aryl methyl sites for hydroxylation is 1. The first-order chi connectivity index (χ1) is 7.18. The Morgan fingerprint density at radius 2 is 2.07 bits per heavy atom. The minimum atomic E-state index is -1.32. The molecule has 1 aromatic rings. The molecule has 0 fully saturated rings. The third-order valence-electron chi connectivity index (χ3n) is 2.19. The summed E-state index contributed by atoms with van der Waals surface area (Å²) in [7, 11) is 0. The quantitative estimate of drug-likeness (QED) is 0.603. The molecule has 2 rings (SSSR count). The maximum absolute atomic E-state index is 9.30. The van der Waals surface area contributed by atoms with E-state index in [1.54, 1.807) is 0 Å². The van der Waals surface area contributed by atoms with E-state index in [1.165, 1.54) is 0 Å². The van der Waals surface area contributed by atoms with Gasteiger partial charge in [-0.3, -0.25) is 0 Å². The van der Waals surface area contributed by atoms with Crippen LogP contribution in [0.2, 0.25) is 0 Å². The minimum Gasteiger partial charge on any atom is -0.367 e. The highest BCUT2D eigenvalue weighted by atomic mass is 16.7. The van der Waals surface area contributed by atoms with Crippen molar-refractivity contribution in [2.75, 3.05) is 0 Å². The number of benzene rings is 1. The predicted molar refractivity (Wildman–Crippen MR) is 54.0 cm³/mol. The lowest BCUT2D eigenvalue weighted by molar-refractivity contribution is -0.188. The van der Waals surface area contributed by atoms with Gasteiger partial charge in [0.2, 0.25) is 12.5 Å². The van der Waals surface area contributed by atoms with Gasteiger partial charge in [0.1, 0.15) is 0 Å². The predicted octanol–water partition coefficient (Wildman–Crippen LogP) is -0.0868. The van der Waals surface area contributed by atoms with E-state index in [4.69, 9.17) is 9.94 Å². The van der Waals surface area contributed by atoms with Crippen molar-refractivity contribution in [1.82, 2.24) is 5.48 Å². The molecular formula is C10H12N2O3. The normalized spacial score (nSPS) is 25.7. The van der Waals surface area contributed by atoms with Crippen molar-refractivity contribution in [3.05, 3.63) is 35.4 Å². The third-order valence-corrected chi connectivity index (χ3v) is 2.19. The number of hydroxylamine groups is 1. The molecule has 5 nitrogen and oxygen atoms in total. The van der Waals surface area contributed by atoms with Gasteiger partial charge in [-0.15, -0.1) is 0 Å². The SMILES string of the molecule is Cc1ccccc1C1=N[C@@H](O)[C@H](O)ON1. The van der Waals surface area contributed by atoms with Crippen LogP contribution in [0.4, 0.5) is 0 Å². The number of aliphatic hydroxyl groups excluding tert-OH is 2. The van der Waals surface area contributed by atoms with E-state index in [0.717, 1.165) is 11.1 Å². The Labute approximate surface area is 87.0 Å². The van der Waals surface area contributed by atoms with Gasteiger partial charge in [0.05, 0.1) is 0 Å². The summed E-state index contributed by atoms with van der Waals surface area (Å²) in [4.78, 5) is 8.62. The molecule has 0 spiro atoms. The van der Waals surface area contributed by atoms with Gasteiger partial charge in [-0.25, -0.2) is 15.3 Å². The molecule has 0 amide bonds. The molecule has 0 bridgehead atoms. The molecule has 0 saturated carbocycles. The first-order valence-corrected chi connectivity index (χ1v) is 4.60. The summed E-state index contributed by atoms with van der Waals surface area (Å²) in [6, 6.07) is 7.56. The summed E-state index contributed by atoms with van der Waals surface area (Å²) >= 11 is 0. The Morgan fingerprint density at radius 1 is 1.33 bits per heavy atom. The van der Waals surface area contributed by atoms with Gasteiger partial charge in [-0.1, -0.05) is 24.3 Å². The zero-order valence-electron chi connectivity index (χ0n) is 8.21. The lowest BCUT2D eigenvalue weighted by atomic mass is 10.1. The van der Waals surface area contributed by atoms with E-state index in [9.17, 15) is 5.11 Å². The van der Waals surface area contributed by atoms with E-state index < -0.39 is 12.5 Å². The van der Waals surface area contributed by atoms with Crippen LogP contribution in [-0.2, 0) is 4.84 Å². The van der Waals surface area contributed by atoms with Crippen molar-refractivity contribution < 1.29 is 15.1 Å². The Morgan fingerprint density at radius 3 is 2.73 bits per heavy atom. The Hall–Kier alpha value is -1.43. The summed E-state index contributed by atoms with van der Waals surface area (Å²) in [5, 5.41) is 18.4.